The Morgan fingerprint density at radius 3 is 2.62 bits per heavy atom. The molecule has 1 aliphatic heterocycles. The fourth-order valence-electron chi connectivity index (χ4n) is 3.58. The Bertz CT molecular complexity index is 963. The largest absolute Gasteiger partial charge is 0.368 e. The zero-order valence-electron chi connectivity index (χ0n) is 16.6. The summed E-state index contributed by atoms with van der Waals surface area (Å²) in [6, 6.07) is 14.7. The van der Waals surface area contributed by atoms with Crippen LogP contribution in [0.25, 0.3) is 0 Å². The van der Waals surface area contributed by atoms with Gasteiger partial charge >= 0.3 is 0 Å². The van der Waals surface area contributed by atoms with E-state index in [1.54, 1.807) is 0 Å². The topological polar surface area (TPSA) is 69.7 Å². The summed E-state index contributed by atoms with van der Waals surface area (Å²) >= 11 is 5.80. The van der Waals surface area contributed by atoms with Gasteiger partial charge in [-0.25, -0.2) is 8.42 Å². The third kappa shape index (κ3) is 5.10. The maximum absolute atomic E-state index is 12.5. The molecule has 6 nitrogen and oxygen atoms in total. The van der Waals surface area contributed by atoms with Gasteiger partial charge in [0.1, 0.15) is 0 Å². The van der Waals surface area contributed by atoms with Gasteiger partial charge in [-0.3, -0.25) is 4.79 Å². The summed E-state index contributed by atoms with van der Waals surface area (Å²) in [4.78, 5) is 14.7. The van der Waals surface area contributed by atoms with Gasteiger partial charge in [0.25, 0.3) is 0 Å². The molecule has 1 heterocycles. The van der Waals surface area contributed by atoms with Gasteiger partial charge in [-0.05, 0) is 55.7 Å². The van der Waals surface area contributed by atoms with Crippen LogP contribution in [0.3, 0.4) is 0 Å². The van der Waals surface area contributed by atoms with E-state index in [9.17, 15) is 13.2 Å². The monoisotopic (exact) mass is 435 g/mol. The summed E-state index contributed by atoms with van der Waals surface area (Å²) in [5.41, 5.74) is 2.62. The average Bonchev–Trinajstić information content (AvgIpc) is 3.00. The van der Waals surface area contributed by atoms with Crippen LogP contribution in [-0.4, -0.2) is 51.4 Å². The number of amides is 1. The number of carbonyl (C=O) groups excluding carboxylic acids is 1. The number of nitrogens with one attached hydrogen (secondary N) is 1. The number of halogens is 1. The van der Waals surface area contributed by atoms with Crippen molar-refractivity contribution in [3.05, 3.63) is 59.1 Å². The van der Waals surface area contributed by atoms with Gasteiger partial charge in [0.2, 0.25) is 15.9 Å². The summed E-state index contributed by atoms with van der Waals surface area (Å²) in [5, 5.41) is 3.27. The summed E-state index contributed by atoms with van der Waals surface area (Å²) < 4.78 is 26.1. The zero-order valence-corrected chi connectivity index (χ0v) is 18.2. The lowest BCUT2D eigenvalue weighted by Crippen LogP contribution is -2.39. The van der Waals surface area contributed by atoms with E-state index >= 15 is 0 Å². The lowest BCUT2D eigenvalue weighted by molar-refractivity contribution is -0.121. The Hall–Kier alpha value is -2.09. The fourth-order valence-corrected chi connectivity index (χ4v) is 4.83. The van der Waals surface area contributed by atoms with Crippen molar-refractivity contribution in [2.45, 2.75) is 30.7 Å². The number of anilines is 1. The molecule has 2 aromatic carbocycles. The smallest absolute Gasteiger partial charge is 0.243 e. The number of carbonyl (C=O) groups is 1. The summed E-state index contributed by atoms with van der Waals surface area (Å²) in [6.07, 6.45) is 1.83. The van der Waals surface area contributed by atoms with Crippen LogP contribution in [0.5, 0.6) is 0 Å². The molecule has 1 N–H and O–H groups in total. The Morgan fingerprint density at radius 1 is 1.21 bits per heavy atom. The number of sulfonamides is 1. The van der Waals surface area contributed by atoms with Gasteiger partial charge in [0.15, 0.2) is 0 Å². The molecule has 1 aliphatic rings. The second-order valence-corrected chi connectivity index (χ2v) is 9.78. The highest BCUT2D eigenvalue weighted by atomic mass is 35.5. The minimum atomic E-state index is -3.73. The first-order chi connectivity index (χ1) is 13.8. The van der Waals surface area contributed by atoms with E-state index < -0.39 is 10.0 Å². The van der Waals surface area contributed by atoms with Gasteiger partial charge in [-0.1, -0.05) is 29.8 Å². The first-order valence-corrected chi connectivity index (χ1v) is 11.4. The molecule has 1 atom stereocenters. The number of hydrogen-bond donors (Lipinski definition) is 1. The Morgan fingerprint density at radius 2 is 1.90 bits per heavy atom. The van der Waals surface area contributed by atoms with Gasteiger partial charge < -0.3 is 10.2 Å². The second kappa shape index (κ2) is 9.15. The van der Waals surface area contributed by atoms with Crippen molar-refractivity contribution in [1.82, 2.24) is 9.62 Å². The molecular weight excluding hydrogens is 410 g/mol. The van der Waals surface area contributed by atoms with E-state index in [4.69, 9.17) is 11.6 Å². The predicted octanol–water partition coefficient (Wildman–Crippen LogP) is 2.92. The number of benzene rings is 2. The summed E-state index contributed by atoms with van der Waals surface area (Å²) in [5.74, 6) is -0.320. The zero-order chi connectivity index (χ0) is 21.0. The molecule has 0 saturated heterocycles. The molecule has 29 heavy (non-hydrogen) atoms. The maximum Gasteiger partial charge on any atom is 0.243 e. The van der Waals surface area contributed by atoms with Gasteiger partial charge in [-0.15, -0.1) is 0 Å². The van der Waals surface area contributed by atoms with E-state index in [2.05, 4.69) is 35.3 Å². The number of para-hydroxylation sites is 1. The van der Waals surface area contributed by atoms with Crippen LogP contribution in [0, 0.1) is 0 Å². The van der Waals surface area contributed by atoms with E-state index in [0.29, 0.717) is 17.6 Å². The molecule has 0 unspecified atom stereocenters. The van der Waals surface area contributed by atoms with Gasteiger partial charge in [0, 0.05) is 36.9 Å². The van der Waals surface area contributed by atoms with Crippen molar-refractivity contribution < 1.29 is 13.2 Å². The molecular formula is C21H26ClN3O3S. The first kappa shape index (κ1) is 21.6. The third-order valence-electron chi connectivity index (χ3n) is 5.13. The minimum Gasteiger partial charge on any atom is -0.368 e. The number of hydrogen-bond acceptors (Lipinski definition) is 4. The average molecular weight is 436 g/mol. The highest BCUT2D eigenvalue weighted by Gasteiger charge is 2.25. The van der Waals surface area contributed by atoms with E-state index in [1.807, 2.05) is 6.07 Å². The highest BCUT2D eigenvalue weighted by molar-refractivity contribution is 7.89. The Labute approximate surface area is 177 Å². The van der Waals surface area contributed by atoms with Crippen molar-refractivity contribution in [3.8, 4) is 0 Å². The lowest BCUT2D eigenvalue weighted by Gasteiger charge is -2.25. The molecule has 0 radical (unpaired) electrons. The van der Waals surface area contributed by atoms with Crippen LogP contribution in [-0.2, 0) is 21.2 Å². The number of nitrogens with zero attached hydrogens (tertiary/aromatic N) is 2. The first-order valence-electron chi connectivity index (χ1n) is 9.62. The third-order valence-corrected chi connectivity index (χ3v) is 7.20. The van der Waals surface area contributed by atoms with Gasteiger partial charge in [0.05, 0.1) is 11.4 Å². The van der Waals surface area contributed by atoms with Crippen LogP contribution in [0.2, 0.25) is 5.02 Å². The van der Waals surface area contributed by atoms with Crippen LogP contribution >= 0.6 is 11.6 Å². The molecule has 0 aliphatic carbocycles. The van der Waals surface area contributed by atoms with Crippen molar-refractivity contribution in [2.75, 3.05) is 31.6 Å². The highest BCUT2D eigenvalue weighted by Crippen LogP contribution is 2.31. The molecule has 0 fully saturated rings. The van der Waals surface area contributed by atoms with Crippen molar-refractivity contribution in [1.29, 1.82) is 0 Å². The summed E-state index contributed by atoms with van der Waals surface area (Å²) in [6.45, 7) is 3.32. The number of fused-ring (bicyclic) bond motifs is 1. The number of likely N-dealkylation sites (N-methyl/N-ethyl adjacent to an activating group) is 1. The predicted molar refractivity (Wildman–Crippen MR) is 116 cm³/mol. The molecule has 0 bridgehead atoms. The van der Waals surface area contributed by atoms with Gasteiger partial charge in [-0.2, -0.15) is 4.31 Å². The van der Waals surface area contributed by atoms with Crippen molar-refractivity contribution in [2.24, 2.45) is 0 Å². The lowest BCUT2D eigenvalue weighted by atomic mass is 10.1. The van der Waals surface area contributed by atoms with E-state index in [-0.39, 0.29) is 17.3 Å². The molecule has 3 rings (SSSR count). The second-order valence-electron chi connectivity index (χ2n) is 7.29. The van der Waals surface area contributed by atoms with Crippen molar-refractivity contribution >= 4 is 33.2 Å². The molecule has 0 spiro atoms. The molecule has 1 amide bonds. The molecule has 8 heteroatoms. The Balaban J connectivity index is 1.46. The molecule has 2 aromatic rings. The SMILES string of the molecule is C[C@@H]1Cc2ccccc2N1CCCNC(=O)CN(C)S(=O)(=O)c1ccc(Cl)cc1. The maximum atomic E-state index is 12.5. The summed E-state index contributed by atoms with van der Waals surface area (Å²) in [7, 11) is -2.33. The van der Waals surface area contributed by atoms with Crippen LogP contribution in [0.4, 0.5) is 5.69 Å². The molecule has 156 valence electrons. The standard InChI is InChI=1S/C21H26ClN3O3S/c1-16-14-17-6-3-4-7-20(17)25(16)13-5-12-23-21(26)15-24(2)29(27,28)19-10-8-18(22)9-11-19/h3-4,6-11,16H,5,12-15H2,1-2H3,(H,23,26)/t16-/m1/s1. The minimum absolute atomic E-state index is 0.110. The quantitative estimate of drug-likeness (QED) is 0.647. The molecule has 0 aromatic heterocycles. The van der Waals surface area contributed by atoms with E-state index in [0.717, 1.165) is 23.7 Å². The van der Waals surface area contributed by atoms with E-state index in [1.165, 1.54) is 42.6 Å². The molecule has 0 saturated carbocycles. The van der Waals surface area contributed by atoms with Crippen LogP contribution in [0.15, 0.2) is 53.4 Å². The fraction of sp³-hybridized carbons (Fsp3) is 0.381. The van der Waals surface area contributed by atoms with Crippen LogP contribution < -0.4 is 10.2 Å². The van der Waals surface area contributed by atoms with Crippen molar-refractivity contribution in [3.63, 3.8) is 0 Å². The Kier molecular flexibility index (Phi) is 6.82. The number of rotatable bonds is 8. The normalized spacial score (nSPS) is 16.1. The van der Waals surface area contributed by atoms with Crippen LogP contribution in [0.1, 0.15) is 18.9 Å².